The van der Waals surface area contributed by atoms with Gasteiger partial charge in [-0.05, 0) is 43.9 Å². The number of ketones is 1. The van der Waals surface area contributed by atoms with Crippen LogP contribution in [-0.4, -0.2) is 5.78 Å². The standard InChI is InChI=1S/C22H34O/c1-17(2)11-14-20(15-12-18(3)4)16-13-19(5)22(23)21-9-7-6-8-10-21/h6-10,16-19H,11-15H2,1-5H3. The van der Waals surface area contributed by atoms with Gasteiger partial charge >= 0.3 is 0 Å². The maximum atomic E-state index is 12.5. The van der Waals surface area contributed by atoms with Crippen molar-refractivity contribution in [1.29, 1.82) is 0 Å². The molecule has 128 valence electrons. The zero-order valence-corrected chi connectivity index (χ0v) is 15.6. The van der Waals surface area contributed by atoms with Crippen LogP contribution in [0, 0.1) is 17.8 Å². The van der Waals surface area contributed by atoms with Crippen LogP contribution in [0.2, 0.25) is 0 Å². The quantitative estimate of drug-likeness (QED) is 0.347. The minimum Gasteiger partial charge on any atom is -0.294 e. The highest BCUT2D eigenvalue weighted by molar-refractivity contribution is 5.97. The summed E-state index contributed by atoms with van der Waals surface area (Å²) < 4.78 is 0. The van der Waals surface area contributed by atoms with Crippen molar-refractivity contribution in [3.05, 3.63) is 47.5 Å². The number of hydrogen-bond donors (Lipinski definition) is 0. The molecule has 0 bridgehead atoms. The molecule has 0 aliphatic heterocycles. The van der Waals surface area contributed by atoms with Crippen molar-refractivity contribution in [2.75, 3.05) is 0 Å². The summed E-state index contributed by atoms with van der Waals surface area (Å²) >= 11 is 0. The van der Waals surface area contributed by atoms with Gasteiger partial charge in [0.1, 0.15) is 0 Å². The third-order valence-electron chi connectivity index (χ3n) is 4.35. The number of carbonyl (C=O) groups is 1. The maximum absolute atomic E-state index is 12.5. The molecular formula is C22H34O. The number of rotatable bonds is 10. The fourth-order valence-electron chi connectivity index (χ4n) is 2.61. The summed E-state index contributed by atoms with van der Waals surface area (Å²) in [6, 6.07) is 9.66. The van der Waals surface area contributed by atoms with Crippen LogP contribution < -0.4 is 0 Å². The number of allylic oxidation sites excluding steroid dienone is 2. The summed E-state index contributed by atoms with van der Waals surface area (Å²) in [5, 5.41) is 0. The van der Waals surface area contributed by atoms with Gasteiger partial charge in [-0.15, -0.1) is 0 Å². The molecule has 0 saturated carbocycles. The lowest BCUT2D eigenvalue weighted by molar-refractivity contribution is 0.0931. The molecule has 0 spiro atoms. The molecule has 0 radical (unpaired) electrons. The number of carbonyl (C=O) groups excluding carboxylic acids is 1. The molecule has 0 fully saturated rings. The minimum absolute atomic E-state index is 0.0606. The third kappa shape index (κ3) is 8.16. The van der Waals surface area contributed by atoms with Gasteiger partial charge in [-0.1, -0.05) is 76.6 Å². The Kier molecular flexibility index (Phi) is 8.91. The fraction of sp³-hybridized carbons (Fsp3) is 0.591. The molecule has 1 rings (SSSR count). The monoisotopic (exact) mass is 314 g/mol. The lowest BCUT2D eigenvalue weighted by atomic mass is 9.92. The molecule has 23 heavy (non-hydrogen) atoms. The van der Waals surface area contributed by atoms with Crippen LogP contribution in [0.1, 0.15) is 77.1 Å². The Morgan fingerprint density at radius 1 is 0.913 bits per heavy atom. The Labute approximate surface area is 143 Å². The van der Waals surface area contributed by atoms with Gasteiger partial charge in [0.05, 0.1) is 0 Å². The van der Waals surface area contributed by atoms with E-state index in [1.54, 1.807) is 5.57 Å². The molecule has 1 unspecified atom stereocenters. The van der Waals surface area contributed by atoms with Gasteiger partial charge in [0, 0.05) is 11.5 Å². The zero-order chi connectivity index (χ0) is 17.2. The molecule has 0 aliphatic rings. The second-order valence-corrected chi connectivity index (χ2v) is 7.59. The van der Waals surface area contributed by atoms with Crippen molar-refractivity contribution >= 4 is 5.78 Å². The molecule has 0 heterocycles. The Morgan fingerprint density at radius 3 is 1.91 bits per heavy atom. The van der Waals surface area contributed by atoms with E-state index < -0.39 is 0 Å². The minimum atomic E-state index is 0.0606. The summed E-state index contributed by atoms with van der Waals surface area (Å²) in [6.45, 7) is 11.2. The number of Topliss-reactive ketones (excluding diaryl/α,β-unsaturated/α-hetero) is 1. The predicted molar refractivity (Wildman–Crippen MR) is 101 cm³/mol. The lowest BCUT2D eigenvalue weighted by Crippen LogP contribution is -2.10. The van der Waals surface area contributed by atoms with E-state index >= 15 is 0 Å². The maximum Gasteiger partial charge on any atom is 0.165 e. The molecule has 0 saturated heterocycles. The van der Waals surface area contributed by atoms with E-state index in [-0.39, 0.29) is 11.7 Å². The van der Waals surface area contributed by atoms with Crippen molar-refractivity contribution in [3.63, 3.8) is 0 Å². The van der Waals surface area contributed by atoms with Gasteiger partial charge in [-0.25, -0.2) is 0 Å². The third-order valence-corrected chi connectivity index (χ3v) is 4.35. The summed E-state index contributed by atoms with van der Waals surface area (Å²) in [6.07, 6.45) is 8.04. The molecule has 0 amide bonds. The molecule has 1 aromatic carbocycles. The topological polar surface area (TPSA) is 17.1 Å². The highest BCUT2D eigenvalue weighted by Gasteiger charge is 2.14. The van der Waals surface area contributed by atoms with Gasteiger partial charge in [-0.2, -0.15) is 0 Å². The molecule has 0 aromatic heterocycles. The summed E-state index contributed by atoms with van der Waals surface area (Å²) in [4.78, 5) is 12.5. The number of benzene rings is 1. The second-order valence-electron chi connectivity index (χ2n) is 7.59. The van der Waals surface area contributed by atoms with Crippen molar-refractivity contribution in [2.24, 2.45) is 17.8 Å². The lowest BCUT2D eigenvalue weighted by Gasteiger charge is -2.13. The number of hydrogen-bond acceptors (Lipinski definition) is 1. The van der Waals surface area contributed by atoms with E-state index in [2.05, 4.69) is 33.8 Å². The van der Waals surface area contributed by atoms with Crippen LogP contribution in [0.4, 0.5) is 0 Å². The van der Waals surface area contributed by atoms with Crippen molar-refractivity contribution in [1.82, 2.24) is 0 Å². The molecule has 1 atom stereocenters. The van der Waals surface area contributed by atoms with E-state index in [1.165, 1.54) is 25.7 Å². The first-order valence-electron chi connectivity index (χ1n) is 9.17. The van der Waals surface area contributed by atoms with Crippen LogP contribution in [0.5, 0.6) is 0 Å². The molecule has 1 aromatic rings. The first-order chi connectivity index (χ1) is 10.9. The first-order valence-corrected chi connectivity index (χ1v) is 9.17. The van der Waals surface area contributed by atoms with E-state index in [0.29, 0.717) is 0 Å². The Bertz CT molecular complexity index is 468. The van der Waals surface area contributed by atoms with Crippen LogP contribution in [0.25, 0.3) is 0 Å². The van der Waals surface area contributed by atoms with Gasteiger partial charge in [0.15, 0.2) is 5.78 Å². The van der Waals surface area contributed by atoms with Crippen LogP contribution >= 0.6 is 0 Å². The van der Waals surface area contributed by atoms with Crippen molar-refractivity contribution in [3.8, 4) is 0 Å². The fourth-order valence-corrected chi connectivity index (χ4v) is 2.61. The highest BCUT2D eigenvalue weighted by atomic mass is 16.1. The molecule has 1 heteroatoms. The van der Waals surface area contributed by atoms with Gasteiger partial charge < -0.3 is 0 Å². The molecule has 0 N–H and O–H groups in total. The molecule has 1 nitrogen and oxygen atoms in total. The summed E-state index contributed by atoms with van der Waals surface area (Å²) in [5.74, 6) is 1.79. The van der Waals surface area contributed by atoms with Crippen molar-refractivity contribution < 1.29 is 4.79 Å². The van der Waals surface area contributed by atoms with Gasteiger partial charge in [0.2, 0.25) is 0 Å². The van der Waals surface area contributed by atoms with Gasteiger partial charge in [-0.3, -0.25) is 4.79 Å². The molecular weight excluding hydrogens is 280 g/mol. The Morgan fingerprint density at radius 2 is 1.43 bits per heavy atom. The van der Waals surface area contributed by atoms with Crippen molar-refractivity contribution in [2.45, 2.75) is 66.7 Å². The SMILES string of the molecule is CC(C)CCC(=CCC(C)C(=O)c1ccccc1)CCC(C)C. The van der Waals surface area contributed by atoms with E-state index in [9.17, 15) is 4.79 Å². The summed E-state index contributed by atoms with van der Waals surface area (Å²) in [7, 11) is 0. The normalized spacial score (nSPS) is 12.5. The Hall–Kier alpha value is -1.37. The highest BCUT2D eigenvalue weighted by Crippen LogP contribution is 2.22. The smallest absolute Gasteiger partial charge is 0.165 e. The first kappa shape index (κ1) is 19.7. The molecule has 0 aliphatic carbocycles. The van der Waals surface area contributed by atoms with E-state index in [1.807, 2.05) is 37.3 Å². The van der Waals surface area contributed by atoms with E-state index in [4.69, 9.17) is 0 Å². The van der Waals surface area contributed by atoms with Gasteiger partial charge in [0.25, 0.3) is 0 Å². The Balaban J connectivity index is 2.64. The average Bonchev–Trinajstić information content (AvgIpc) is 2.53. The predicted octanol–water partition coefficient (Wildman–Crippen LogP) is 6.69. The van der Waals surface area contributed by atoms with Crippen LogP contribution in [-0.2, 0) is 0 Å². The zero-order valence-electron chi connectivity index (χ0n) is 15.6. The average molecular weight is 315 g/mol. The largest absolute Gasteiger partial charge is 0.294 e. The van der Waals surface area contributed by atoms with E-state index in [0.717, 1.165) is 23.8 Å². The van der Waals surface area contributed by atoms with Crippen LogP contribution in [0.3, 0.4) is 0 Å². The van der Waals surface area contributed by atoms with Crippen LogP contribution in [0.15, 0.2) is 42.0 Å². The second kappa shape index (κ2) is 10.4. The summed E-state index contributed by atoms with van der Waals surface area (Å²) in [5.41, 5.74) is 2.37.